The van der Waals surface area contributed by atoms with Gasteiger partial charge in [-0.15, -0.1) is 11.3 Å². The van der Waals surface area contributed by atoms with Crippen molar-refractivity contribution < 1.29 is 9.53 Å². The standard InChI is InChI=1S/C20H28N4O2S/c1-13-5-10-16-18(11-13)27-20(22-16)23-19(25)21-12-17(24(2)3)14-6-8-15(26-4)9-7-14/h6-9,13,17H,5,10-12H2,1-4H3,(H2,21,22,23,25). The van der Waals surface area contributed by atoms with Crippen LogP contribution in [0.2, 0.25) is 0 Å². The largest absolute Gasteiger partial charge is 0.497 e. The molecule has 146 valence electrons. The van der Waals surface area contributed by atoms with Gasteiger partial charge in [0, 0.05) is 11.4 Å². The molecule has 0 aliphatic heterocycles. The lowest BCUT2D eigenvalue weighted by atomic mass is 9.93. The highest BCUT2D eigenvalue weighted by molar-refractivity contribution is 7.15. The summed E-state index contributed by atoms with van der Waals surface area (Å²) in [5.74, 6) is 1.52. The first-order chi connectivity index (χ1) is 13.0. The number of aromatic nitrogens is 1. The minimum absolute atomic E-state index is 0.0759. The van der Waals surface area contributed by atoms with E-state index in [1.807, 2.05) is 38.4 Å². The second-order valence-electron chi connectivity index (χ2n) is 7.32. The molecule has 0 radical (unpaired) electrons. The van der Waals surface area contributed by atoms with E-state index in [4.69, 9.17) is 4.74 Å². The second-order valence-corrected chi connectivity index (χ2v) is 8.41. The third kappa shape index (κ3) is 4.99. The summed E-state index contributed by atoms with van der Waals surface area (Å²) < 4.78 is 5.22. The van der Waals surface area contributed by atoms with E-state index >= 15 is 0 Å². The number of urea groups is 1. The summed E-state index contributed by atoms with van der Waals surface area (Å²) in [6.07, 6.45) is 3.25. The highest BCUT2D eigenvalue weighted by Crippen LogP contribution is 2.32. The average Bonchev–Trinajstić information content (AvgIpc) is 3.03. The first-order valence-corrected chi connectivity index (χ1v) is 10.1. The Kier molecular flexibility index (Phi) is 6.34. The molecule has 0 saturated carbocycles. The number of aryl methyl sites for hydroxylation is 1. The molecule has 1 aliphatic carbocycles. The number of rotatable bonds is 6. The van der Waals surface area contributed by atoms with Gasteiger partial charge >= 0.3 is 6.03 Å². The number of likely N-dealkylation sites (N-methyl/N-ethyl adjacent to an activating group) is 1. The van der Waals surface area contributed by atoms with Gasteiger partial charge in [-0.05, 0) is 57.0 Å². The molecule has 2 unspecified atom stereocenters. The maximum absolute atomic E-state index is 12.4. The number of nitrogens with zero attached hydrogens (tertiary/aromatic N) is 2. The van der Waals surface area contributed by atoms with Crippen LogP contribution in [0.25, 0.3) is 0 Å². The van der Waals surface area contributed by atoms with Crippen molar-refractivity contribution in [3.63, 3.8) is 0 Å². The van der Waals surface area contributed by atoms with E-state index in [2.05, 4.69) is 27.4 Å². The maximum Gasteiger partial charge on any atom is 0.321 e. The summed E-state index contributed by atoms with van der Waals surface area (Å²) in [7, 11) is 5.66. The molecule has 1 aliphatic rings. The fraction of sp³-hybridized carbons (Fsp3) is 0.500. The van der Waals surface area contributed by atoms with E-state index in [-0.39, 0.29) is 12.1 Å². The molecule has 3 rings (SSSR count). The van der Waals surface area contributed by atoms with E-state index in [9.17, 15) is 4.79 Å². The Bertz CT molecular complexity index is 773. The number of thiazole rings is 1. The van der Waals surface area contributed by atoms with Crippen molar-refractivity contribution in [2.24, 2.45) is 5.92 Å². The Morgan fingerprint density at radius 3 is 2.78 bits per heavy atom. The number of fused-ring (bicyclic) bond motifs is 1. The van der Waals surface area contributed by atoms with Crippen LogP contribution in [0.3, 0.4) is 0 Å². The maximum atomic E-state index is 12.4. The van der Waals surface area contributed by atoms with Crippen molar-refractivity contribution in [3.05, 3.63) is 40.4 Å². The van der Waals surface area contributed by atoms with Crippen molar-refractivity contribution in [1.82, 2.24) is 15.2 Å². The molecule has 6 nitrogen and oxygen atoms in total. The number of carbonyl (C=O) groups is 1. The monoisotopic (exact) mass is 388 g/mol. The number of hydrogen-bond acceptors (Lipinski definition) is 5. The fourth-order valence-corrected chi connectivity index (χ4v) is 4.51. The second kappa shape index (κ2) is 8.71. The Morgan fingerprint density at radius 2 is 2.11 bits per heavy atom. The first-order valence-electron chi connectivity index (χ1n) is 9.30. The lowest BCUT2D eigenvalue weighted by Gasteiger charge is -2.25. The SMILES string of the molecule is COc1ccc(C(CNC(=O)Nc2nc3c(s2)CC(C)CC3)N(C)C)cc1. The summed E-state index contributed by atoms with van der Waals surface area (Å²) in [6, 6.07) is 7.79. The van der Waals surface area contributed by atoms with Crippen molar-refractivity contribution in [2.75, 3.05) is 33.1 Å². The zero-order valence-electron chi connectivity index (χ0n) is 16.4. The van der Waals surface area contributed by atoms with Crippen LogP contribution in [0.4, 0.5) is 9.93 Å². The molecule has 1 aromatic heterocycles. The van der Waals surface area contributed by atoms with Crippen LogP contribution in [-0.2, 0) is 12.8 Å². The van der Waals surface area contributed by atoms with Crippen LogP contribution < -0.4 is 15.4 Å². The van der Waals surface area contributed by atoms with Gasteiger partial charge in [-0.3, -0.25) is 5.32 Å². The molecular formula is C20H28N4O2S. The Balaban J connectivity index is 1.58. The van der Waals surface area contributed by atoms with Crippen LogP contribution in [0.1, 0.15) is 35.5 Å². The molecule has 2 atom stereocenters. The van der Waals surface area contributed by atoms with Crippen LogP contribution in [0.15, 0.2) is 24.3 Å². The van der Waals surface area contributed by atoms with Crippen molar-refractivity contribution in [3.8, 4) is 5.75 Å². The zero-order chi connectivity index (χ0) is 19.4. The molecule has 2 amide bonds. The number of hydrogen-bond donors (Lipinski definition) is 2. The highest BCUT2D eigenvalue weighted by Gasteiger charge is 2.21. The van der Waals surface area contributed by atoms with Gasteiger partial charge < -0.3 is 15.0 Å². The van der Waals surface area contributed by atoms with Gasteiger partial charge in [0.2, 0.25) is 0 Å². The number of methoxy groups -OCH3 is 1. The molecule has 2 N–H and O–H groups in total. The minimum Gasteiger partial charge on any atom is -0.497 e. The van der Waals surface area contributed by atoms with E-state index < -0.39 is 0 Å². The number of amides is 2. The molecule has 0 fully saturated rings. The highest BCUT2D eigenvalue weighted by atomic mass is 32.1. The van der Waals surface area contributed by atoms with Crippen LogP contribution in [0, 0.1) is 5.92 Å². The Hall–Kier alpha value is -2.12. The van der Waals surface area contributed by atoms with Crippen molar-refractivity contribution in [1.29, 1.82) is 0 Å². The summed E-state index contributed by atoms with van der Waals surface area (Å²) in [5.41, 5.74) is 2.28. The molecular weight excluding hydrogens is 360 g/mol. The summed E-state index contributed by atoms with van der Waals surface area (Å²) in [4.78, 5) is 20.3. The van der Waals surface area contributed by atoms with Gasteiger partial charge in [0.15, 0.2) is 5.13 Å². The van der Waals surface area contributed by atoms with Gasteiger partial charge in [-0.25, -0.2) is 9.78 Å². The number of benzene rings is 1. The number of nitrogens with one attached hydrogen (secondary N) is 2. The number of carbonyl (C=O) groups excluding carboxylic acids is 1. The van der Waals surface area contributed by atoms with Crippen LogP contribution >= 0.6 is 11.3 Å². The van der Waals surface area contributed by atoms with Gasteiger partial charge in [-0.2, -0.15) is 0 Å². The van der Waals surface area contributed by atoms with E-state index in [0.29, 0.717) is 17.6 Å². The van der Waals surface area contributed by atoms with Crippen LogP contribution in [0.5, 0.6) is 5.75 Å². The van der Waals surface area contributed by atoms with Crippen molar-refractivity contribution in [2.45, 2.75) is 32.2 Å². The summed E-state index contributed by atoms with van der Waals surface area (Å²) in [5, 5.41) is 6.56. The Morgan fingerprint density at radius 1 is 1.37 bits per heavy atom. The summed E-state index contributed by atoms with van der Waals surface area (Å²) in [6.45, 7) is 2.77. The predicted octanol–water partition coefficient (Wildman–Crippen LogP) is 3.70. The van der Waals surface area contributed by atoms with Crippen LogP contribution in [-0.4, -0.2) is 43.7 Å². The number of anilines is 1. The van der Waals surface area contributed by atoms with E-state index in [1.54, 1.807) is 18.4 Å². The molecule has 0 bridgehead atoms. The van der Waals surface area contributed by atoms with Gasteiger partial charge in [0.05, 0.1) is 18.8 Å². The fourth-order valence-electron chi connectivity index (χ4n) is 3.35. The third-order valence-corrected chi connectivity index (χ3v) is 6.02. The zero-order valence-corrected chi connectivity index (χ0v) is 17.2. The van der Waals surface area contributed by atoms with Crippen molar-refractivity contribution >= 4 is 22.5 Å². The Labute approximate surface area is 164 Å². The summed E-state index contributed by atoms with van der Waals surface area (Å²) >= 11 is 1.60. The molecule has 2 aromatic rings. The quantitative estimate of drug-likeness (QED) is 0.792. The molecule has 0 saturated heterocycles. The molecule has 1 heterocycles. The third-order valence-electron chi connectivity index (χ3n) is 4.99. The smallest absolute Gasteiger partial charge is 0.321 e. The molecule has 27 heavy (non-hydrogen) atoms. The van der Waals surface area contributed by atoms with Gasteiger partial charge in [-0.1, -0.05) is 19.1 Å². The topological polar surface area (TPSA) is 66.5 Å². The van der Waals surface area contributed by atoms with Gasteiger partial charge in [0.1, 0.15) is 5.75 Å². The lowest BCUT2D eigenvalue weighted by molar-refractivity contribution is 0.243. The normalized spacial score (nSPS) is 17.3. The number of ether oxygens (including phenoxy) is 1. The predicted molar refractivity (Wildman–Crippen MR) is 110 cm³/mol. The van der Waals surface area contributed by atoms with Gasteiger partial charge in [0.25, 0.3) is 0 Å². The lowest BCUT2D eigenvalue weighted by Crippen LogP contribution is -2.36. The van der Waals surface area contributed by atoms with E-state index in [1.165, 1.54) is 11.3 Å². The molecule has 7 heteroatoms. The first kappa shape index (κ1) is 19.6. The minimum atomic E-state index is -0.213. The molecule has 0 spiro atoms. The average molecular weight is 389 g/mol. The molecule has 1 aromatic carbocycles. The van der Waals surface area contributed by atoms with E-state index in [0.717, 1.165) is 29.8 Å².